The van der Waals surface area contributed by atoms with Crippen LogP contribution in [-0.2, 0) is 9.53 Å². The number of hydrogen-bond acceptors (Lipinski definition) is 2. The molecule has 0 N–H and O–H groups in total. The van der Waals surface area contributed by atoms with E-state index >= 15 is 0 Å². The molecule has 3 heteroatoms. The average Bonchev–Trinajstić information content (AvgIpc) is 2.00. The fourth-order valence-corrected chi connectivity index (χ4v) is 0.892. The first-order valence-corrected chi connectivity index (χ1v) is 4.09. The fraction of sp³-hybridized carbons (Fsp3) is 0.625. The molecule has 0 aliphatic heterocycles. The summed E-state index contributed by atoms with van der Waals surface area (Å²) < 4.78 is 4.79. The highest BCUT2D eigenvalue weighted by atomic mass is 35.5. The number of halogens is 1. The van der Waals surface area contributed by atoms with Crippen molar-refractivity contribution in [2.24, 2.45) is 5.92 Å². The summed E-state index contributed by atoms with van der Waals surface area (Å²) in [5, 5.41) is 0. The van der Waals surface area contributed by atoms with Crippen LogP contribution in [0.3, 0.4) is 0 Å². The van der Waals surface area contributed by atoms with Crippen LogP contribution in [0.5, 0.6) is 0 Å². The normalized spacial score (nSPS) is 12.2. The summed E-state index contributed by atoms with van der Waals surface area (Å²) in [4.78, 5) is 11.0. The molecule has 2 nitrogen and oxygen atoms in total. The number of carbonyl (C=O) groups is 1. The van der Waals surface area contributed by atoms with Crippen LogP contribution in [0.1, 0.15) is 13.3 Å². The quantitative estimate of drug-likeness (QED) is 0.364. The lowest BCUT2D eigenvalue weighted by Gasteiger charge is -2.07. The van der Waals surface area contributed by atoms with Gasteiger partial charge in [-0.3, -0.25) is 4.79 Å². The molecule has 0 bridgehead atoms. The first-order chi connectivity index (χ1) is 5.22. The van der Waals surface area contributed by atoms with Crippen LogP contribution < -0.4 is 0 Å². The molecule has 0 fully saturated rings. The highest BCUT2D eigenvalue weighted by Gasteiger charge is 2.12. The zero-order valence-corrected chi connectivity index (χ0v) is 7.43. The van der Waals surface area contributed by atoms with E-state index in [2.05, 4.69) is 6.58 Å². The van der Waals surface area contributed by atoms with Crippen molar-refractivity contribution < 1.29 is 9.53 Å². The van der Waals surface area contributed by atoms with Crippen molar-refractivity contribution in [2.75, 3.05) is 12.5 Å². The Hall–Kier alpha value is -0.500. The molecule has 0 aromatic carbocycles. The van der Waals surface area contributed by atoms with Crippen LogP contribution in [0.25, 0.3) is 0 Å². The third-order valence-corrected chi connectivity index (χ3v) is 1.51. The minimum absolute atomic E-state index is 0.104. The molecule has 0 heterocycles. The summed E-state index contributed by atoms with van der Waals surface area (Å²) in [6.07, 6.45) is 2.21. The van der Waals surface area contributed by atoms with Crippen LogP contribution in [0.2, 0.25) is 0 Å². The summed E-state index contributed by atoms with van der Waals surface area (Å²) >= 11 is 5.45. The molecule has 0 rings (SSSR count). The number of carbonyl (C=O) groups excluding carboxylic acids is 1. The summed E-state index contributed by atoms with van der Waals surface area (Å²) in [5.41, 5.74) is 0. The van der Waals surface area contributed by atoms with Crippen molar-refractivity contribution in [2.45, 2.75) is 13.3 Å². The third kappa shape index (κ3) is 4.85. The Bertz CT molecular complexity index is 134. The Balaban J connectivity index is 3.54. The molecular weight excluding hydrogens is 164 g/mol. The van der Waals surface area contributed by atoms with Gasteiger partial charge in [0.15, 0.2) is 0 Å². The number of hydrogen-bond donors (Lipinski definition) is 0. The van der Waals surface area contributed by atoms with Gasteiger partial charge in [-0.25, -0.2) is 0 Å². The molecular formula is C8H13ClO2. The largest absolute Gasteiger partial charge is 0.461 e. The Morgan fingerprint density at radius 2 is 2.45 bits per heavy atom. The van der Waals surface area contributed by atoms with Gasteiger partial charge >= 0.3 is 5.97 Å². The van der Waals surface area contributed by atoms with Gasteiger partial charge in [-0.1, -0.05) is 19.6 Å². The van der Waals surface area contributed by atoms with Gasteiger partial charge in [0.2, 0.25) is 0 Å². The second-order valence-corrected chi connectivity index (χ2v) is 2.68. The molecule has 0 aromatic heterocycles. The van der Waals surface area contributed by atoms with Crippen molar-refractivity contribution >= 4 is 17.6 Å². The smallest absolute Gasteiger partial charge is 0.309 e. The van der Waals surface area contributed by atoms with E-state index in [1.54, 1.807) is 13.0 Å². The molecule has 0 saturated carbocycles. The van der Waals surface area contributed by atoms with Gasteiger partial charge in [0.05, 0.1) is 5.92 Å². The van der Waals surface area contributed by atoms with Gasteiger partial charge in [-0.2, -0.15) is 0 Å². The van der Waals surface area contributed by atoms with Crippen LogP contribution in [0, 0.1) is 5.92 Å². The summed E-state index contributed by atoms with van der Waals surface area (Å²) in [6, 6.07) is 0. The second kappa shape index (κ2) is 6.23. The van der Waals surface area contributed by atoms with Crippen molar-refractivity contribution in [1.29, 1.82) is 0 Å². The maximum absolute atomic E-state index is 11.0. The number of ether oxygens (including phenoxy) is 1. The lowest BCUT2D eigenvalue weighted by molar-refractivity contribution is -0.146. The Labute approximate surface area is 72.2 Å². The lowest BCUT2D eigenvalue weighted by Crippen LogP contribution is -2.15. The minimum Gasteiger partial charge on any atom is -0.461 e. The Morgan fingerprint density at radius 3 is 2.91 bits per heavy atom. The monoisotopic (exact) mass is 176 g/mol. The Kier molecular flexibility index (Phi) is 5.94. The summed E-state index contributed by atoms with van der Waals surface area (Å²) in [6.45, 7) is 5.52. The van der Waals surface area contributed by atoms with E-state index in [0.29, 0.717) is 12.3 Å². The van der Waals surface area contributed by atoms with Crippen LogP contribution in [-0.4, -0.2) is 18.5 Å². The zero-order valence-electron chi connectivity index (χ0n) is 6.68. The van der Waals surface area contributed by atoms with E-state index in [1.165, 1.54) is 0 Å². The average molecular weight is 177 g/mol. The molecule has 1 atom stereocenters. The summed E-state index contributed by atoms with van der Waals surface area (Å²) in [5.74, 6) is 0.183. The van der Waals surface area contributed by atoms with Gasteiger partial charge in [0.25, 0.3) is 0 Å². The van der Waals surface area contributed by atoms with Gasteiger partial charge in [-0.15, -0.1) is 11.6 Å². The van der Waals surface area contributed by atoms with Gasteiger partial charge < -0.3 is 4.74 Å². The standard InChI is InChI=1S/C8H13ClO2/c1-3-6-11-8(10)7(2)4-5-9/h3,7H,1,4-6H2,2H3. The first-order valence-electron chi connectivity index (χ1n) is 3.55. The molecule has 0 aliphatic rings. The second-order valence-electron chi connectivity index (χ2n) is 2.30. The molecule has 11 heavy (non-hydrogen) atoms. The minimum atomic E-state index is -0.203. The molecule has 0 spiro atoms. The molecule has 64 valence electrons. The topological polar surface area (TPSA) is 26.3 Å². The van der Waals surface area contributed by atoms with Gasteiger partial charge in [0, 0.05) is 5.88 Å². The predicted octanol–water partition coefficient (Wildman–Crippen LogP) is 1.98. The fourth-order valence-electron chi connectivity index (χ4n) is 0.565. The van der Waals surface area contributed by atoms with E-state index in [0.717, 1.165) is 0 Å². The highest BCUT2D eigenvalue weighted by Crippen LogP contribution is 2.05. The van der Waals surface area contributed by atoms with Crippen molar-refractivity contribution in [3.8, 4) is 0 Å². The van der Waals surface area contributed by atoms with Gasteiger partial charge in [0.1, 0.15) is 6.61 Å². The molecule has 1 unspecified atom stereocenters. The van der Waals surface area contributed by atoms with Crippen molar-refractivity contribution in [3.63, 3.8) is 0 Å². The van der Waals surface area contributed by atoms with Crippen LogP contribution >= 0.6 is 11.6 Å². The predicted molar refractivity (Wildman–Crippen MR) is 45.7 cm³/mol. The van der Waals surface area contributed by atoms with Crippen molar-refractivity contribution in [1.82, 2.24) is 0 Å². The van der Waals surface area contributed by atoms with E-state index in [-0.39, 0.29) is 18.5 Å². The molecule has 0 aliphatic carbocycles. The molecule has 0 aromatic rings. The highest BCUT2D eigenvalue weighted by molar-refractivity contribution is 6.17. The van der Waals surface area contributed by atoms with E-state index in [9.17, 15) is 4.79 Å². The van der Waals surface area contributed by atoms with E-state index in [1.807, 2.05) is 0 Å². The van der Waals surface area contributed by atoms with E-state index < -0.39 is 0 Å². The molecule has 0 amide bonds. The first kappa shape index (κ1) is 10.5. The number of esters is 1. The molecule has 0 radical (unpaired) electrons. The number of alkyl halides is 1. The third-order valence-electron chi connectivity index (χ3n) is 1.29. The van der Waals surface area contributed by atoms with Crippen molar-refractivity contribution in [3.05, 3.63) is 12.7 Å². The van der Waals surface area contributed by atoms with E-state index in [4.69, 9.17) is 16.3 Å². The maximum atomic E-state index is 11.0. The zero-order chi connectivity index (χ0) is 8.69. The maximum Gasteiger partial charge on any atom is 0.309 e. The van der Waals surface area contributed by atoms with Gasteiger partial charge in [-0.05, 0) is 6.42 Å². The number of rotatable bonds is 5. The Morgan fingerprint density at radius 1 is 1.82 bits per heavy atom. The SMILES string of the molecule is C=CCOC(=O)C(C)CCCl. The van der Waals surface area contributed by atoms with Crippen LogP contribution in [0.15, 0.2) is 12.7 Å². The summed E-state index contributed by atoms with van der Waals surface area (Å²) in [7, 11) is 0. The lowest BCUT2D eigenvalue weighted by atomic mass is 10.1. The molecule has 0 saturated heterocycles. The van der Waals surface area contributed by atoms with Crippen LogP contribution in [0.4, 0.5) is 0 Å².